The second-order valence-electron chi connectivity index (χ2n) is 4.41. The number of aromatic nitrogens is 2. The third-order valence-corrected chi connectivity index (χ3v) is 5.48. The quantitative estimate of drug-likeness (QED) is 0.834. The molecule has 0 fully saturated rings. The molecule has 110 valence electrons. The lowest BCUT2D eigenvalue weighted by Crippen LogP contribution is -2.22. The molecular formula is C13H17BrClN3OS. The number of nitrogens with zero attached hydrogens (tertiary/aromatic N) is 2. The zero-order valence-corrected chi connectivity index (χ0v) is 14.8. The van der Waals surface area contributed by atoms with E-state index in [2.05, 4.69) is 31.7 Å². The van der Waals surface area contributed by atoms with Crippen molar-refractivity contribution in [1.82, 2.24) is 15.1 Å². The molecule has 2 heterocycles. The van der Waals surface area contributed by atoms with Crippen LogP contribution in [-0.4, -0.2) is 30.5 Å². The second-order valence-corrected chi connectivity index (χ2v) is 6.56. The molecule has 0 bridgehead atoms. The summed E-state index contributed by atoms with van der Waals surface area (Å²) < 4.78 is 8.05. The molecule has 2 aromatic heterocycles. The monoisotopic (exact) mass is 377 g/mol. The van der Waals surface area contributed by atoms with E-state index in [4.69, 9.17) is 16.3 Å². The van der Waals surface area contributed by atoms with E-state index >= 15 is 0 Å². The van der Waals surface area contributed by atoms with Gasteiger partial charge in [0.1, 0.15) is 0 Å². The van der Waals surface area contributed by atoms with E-state index in [9.17, 15) is 0 Å². The molecule has 0 aliphatic carbocycles. The molecule has 0 amide bonds. The maximum Gasteiger partial charge on any atom is 0.0866 e. The molecule has 1 N–H and O–H groups in total. The van der Waals surface area contributed by atoms with Gasteiger partial charge in [-0.2, -0.15) is 5.10 Å². The fourth-order valence-electron chi connectivity index (χ4n) is 2.05. The Labute approximate surface area is 136 Å². The van der Waals surface area contributed by atoms with Crippen LogP contribution in [0.25, 0.3) is 0 Å². The van der Waals surface area contributed by atoms with Crippen molar-refractivity contribution in [2.75, 3.05) is 20.8 Å². The number of rotatable bonds is 6. The van der Waals surface area contributed by atoms with Crippen LogP contribution in [0, 0.1) is 6.92 Å². The highest BCUT2D eigenvalue weighted by Gasteiger charge is 2.24. The summed E-state index contributed by atoms with van der Waals surface area (Å²) in [5.74, 6) is 0. The van der Waals surface area contributed by atoms with E-state index in [1.807, 2.05) is 24.9 Å². The molecule has 0 aliphatic rings. The molecule has 7 heteroatoms. The van der Waals surface area contributed by atoms with Gasteiger partial charge in [0.05, 0.1) is 40.6 Å². The standard InChI is InChI=1S/C13H17BrClN3OS/c1-8-7-20-13(10(8)15)11(16-2)12-9(14)6-17-18(12)4-5-19-3/h6-7,11,16H,4-5H2,1-3H3. The average molecular weight is 379 g/mol. The summed E-state index contributed by atoms with van der Waals surface area (Å²) >= 11 is 11.6. The Kier molecular flexibility index (Phi) is 5.63. The minimum Gasteiger partial charge on any atom is -0.383 e. The molecule has 0 radical (unpaired) electrons. The van der Waals surface area contributed by atoms with Crippen molar-refractivity contribution in [1.29, 1.82) is 0 Å². The smallest absolute Gasteiger partial charge is 0.0866 e. The molecule has 0 saturated heterocycles. The third kappa shape index (κ3) is 3.09. The van der Waals surface area contributed by atoms with Crippen molar-refractivity contribution in [3.05, 3.63) is 37.2 Å². The highest BCUT2D eigenvalue weighted by atomic mass is 79.9. The predicted molar refractivity (Wildman–Crippen MR) is 86.8 cm³/mol. The Bertz CT molecular complexity index is 584. The first kappa shape index (κ1) is 16.0. The Hall–Kier alpha value is -0.400. The van der Waals surface area contributed by atoms with Gasteiger partial charge >= 0.3 is 0 Å². The summed E-state index contributed by atoms with van der Waals surface area (Å²) in [4.78, 5) is 1.10. The molecule has 0 aromatic carbocycles. The molecular weight excluding hydrogens is 362 g/mol. The highest BCUT2D eigenvalue weighted by Crippen LogP contribution is 2.37. The van der Waals surface area contributed by atoms with Gasteiger partial charge in [-0.25, -0.2) is 0 Å². The van der Waals surface area contributed by atoms with Crippen molar-refractivity contribution in [3.8, 4) is 0 Å². The number of aryl methyl sites for hydroxylation is 1. The molecule has 4 nitrogen and oxygen atoms in total. The van der Waals surface area contributed by atoms with Crippen LogP contribution in [0.2, 0.25) is 5.02 Å². The Morgan fingerprint density at radius 3 is 2.90 bits per heavy atom. The maximum absolute atomic E-state index is 6.41. The van der Waals surface area contributed by atoms with Gasteiger partial charge in [-0.15, -0.1) is 11.3 Å². The number of hydrogen-bond acceptors (Lipinski definition) is 4. The number of nitrogens with one attached hydrogen (secondary N) is 1. The predicted octanol–water partition coefficient (Wildman–Crippen LogP) is 3.62. The van der Waals surface area contributed by atoms with Gasteiger partial charge in [-0.3, -0.25) is 4.68 Å². The number of methoxy groups -OCH3 is 1. The average Bonchev–Trinajstić information content (AvgIpc) is 2.96. The summed E-state index contributed by atoms with van der Waals surface area (Å²) in [6, 6.07) is 0.00920. The van der Waals surface area contributed by atoms with Crippen LogP contribution in [0.1, 0.15) is 22.2 Å². The molecule has 0 saturated carbocycles. The number of ether oxygens (including phenoxy) is 1. The fraction of sp³-hybridized carbons (Fsp3) is 0.462. The minimum atomic E-state index is 0.00920. The molecule has 0 aliphatic heterocycles. The highest BCUT2D eigenvalue weighted by molar-refractivity contribution is 9.10. The van der Waals surface area contributed by atoms with E-state index in [0.29, 0.717) is 13.2 Å². The molecule has 0 spiro atoms. The minimum absolute atomic E-state index is 0.00920. The van der Waals surface area contributed by atoms with E-state index in [0.717, 1.165) is 25.6 Å². The van der Waals surface area contributed by atoms with Gasteiger partial charge in [0.25, 0.3) is 0 Å². The lowest BCUT2D eigenvalue weighted by molar-refractivity contribution is 0.182. The van der Waals surface area contributed by atoms with Crippen molar-refractivity contribution < 1.29 is 4.74 Å². The first-order valence-corrected chi connectivity index (χ1v) is 8.26. The van der Waals surface area contributed by atoms with E-state index in [1.54, 1.807) is 18.4 Å². The fourth-order valence-corrected chi connectivity index (χ4v) is 3.99. The first-order valence-electron chi connectivity index (χ1n) is 6.21. The van der Waals surface area contributed by atoms with Crippen LogP contribution in [0.5, 0.6) is 0 Å². The van der Waals surface area contributed by atoms with E-state index < -0.39 is 0 Å². The zero-order valence-electron chi connectivity index (χ0n) is 11.6. The molecule has 20 heavy (non-hydrogen) atoms. The van der Waals surface area contributed by atoms with Crippen molar-refractivity contribution >= 4 is 38.9 Å². The Morgan fingerprint density at radius 2 is 2.35 bits per heavy atom. The van der Waals surface area contributed by atoms with Crippen molar-refractivity contribution in [2.24, 2.45) is 0 Å². The van der Waals surface area contributed by atoms with Crippen LogP contribution < -0.4 is 5.32 Å². The summed E-state index contributed by atoms with van der Waals surface area (Å²) in [6.45, 7) is 3.35. The molecule has 2 rings (SSSR count). The third-order valence-electron chi connectivity index (χ3n) is 3.09. The summed E-state index contributed by atoms with van der Waals surface area (Å²) in [7, 11) is 3.61. The lowest BCUT2D eigenvalue weighted by Gasteiger charge is -2.18. The van der Waals surface area contributed by atoms with Gasteiger partial charge < -0.3 is 10.1 Å². The van der Waals surface area contributed by atoms with Crippen LogP contribution in [0.15, 0.2) is 16.0 Å². The Morgan fingerprint density at radius 1 is 1.60 bits per heavy atom. The van der Waals surface area contributed by atoms with Gasteiger partial charge in [-0.05, 0) is 40.8 Å². The zero-order chi connectivity index (χ0) is 14.7. The topological polar surface area (TPSA) is 39.1 Å². The van der Waals surface area contributed by atoms with Crippen LogP contribution >= 0.6 is 38.9 Å². The summed E-state index contributed by atoms with van der Waals surface area (Å²) in [6.07, 6.45) is 1.81. The SMILES string of the molecule is CNC(c1scc(C)c1Cl)c1c(Br)cnn1CCOC. The Balaban J connectivity index is 2.41. The van der Waals surface area contributed by atoms with Crippen LogP contribution in [0.3, 0.4) is 0 Å². The van der Waals surface area contributed by atoms with Crippen molar-refractivity contribution in [2.45, 2.75) is 19.5 Å². The molecule has 2 aromatic rings. The van der Waals surface area contributed by atoms with Gasteiger partial charge in [0.2, 0.25) is 0 Å². The first-order chi connectivity index (χ1) is 9.60. The largest absolute Gasteiger partial charge is 0.383 e. The van der Waals surface area contributed by atoms with Crippen molar-refractivity contribution in [3.63, 3.8) is 0 Å². The number of thiophene rings is 1. The van der Waals surface area contributed by atoms with E-state index in [1.165, 1.54) is 0 Å². The summed E-state index contributed by atoms with van der Waals surface area (Å²) in [5, 5.41) is 10.6. The lowest BCUT2D eigenvalue weighted by atomic mass is 10.1. The number of halogens is 2. The second kappa shape index (κ2) is 7.04. The molecule has 1 unspecified atom stereocenters. The maximum atomic E-state index is 6.41. The molecule has 1 atom stereocenters. The summed E-state index contributed by atoms with van der Waals surface area (Å²) in [5.41, 5.74) is 2.17. The van der Waals surface area contributed by atoms with Crippen LogP contribution in [-0.2, 0) is 11.3 Å². The van der Waals surface area contributed by atoms with E-state index in [-0.39, 0.29) is 6.04 Å². The normalized spacial score (nSPS) is 12.8. The van der Waals surface area contributed by atoms with Gasteiger partial charge in [0.15, 0.2) is 0 Å². The van der Waals surface area contributed by atoms with Gasteiger partial charge in [0, 0.05) is 12.0 Å². The van der Waals surface area contributed by atoms with Crippen LogP contribution in [0.4, 0.5) is 0 Å². The number of hydrogen-bond donors (Lipinski definition) is 1. The van der Waals surface area contributed by atoms with Gasteiger partial charge in [-0.1, -0.05) is 11.6 Å².